The molecule has 2 fully saturated rings. The summed E-state index contributed by atoms with van der Waals surface area (Å²) in [7, 11) is 3.64. The van der Waals surface area contributed by atoms with E-state index in [0.29, 0.717) is 6.10 Å². The van der Waals surface area contributed by atoms with Crippen LogP contribution in [-0.4, -0.2) is 20.3 Å². The predicted octanol–water partition coefficient (Wildman–Crippen LogP) is 2.78. The second-order valence-electron chi connectivity index (χ2n) is 4.62. The van der Waals surface area contributed by atoms with Gasteiger partial charge in [0.15, 0.2) is 0 Å². The highest BCUT2D eigenvalue weighted by Gasteiger charge is 2.39. The Morgan fingerprint density at radius 2 is 1.93 bits per heavy atom. The van der Waals surface area contributed by atoms with Crippen LogP contribution >= 0.6 is 0 Å². The fourth-order valence-corrected chi connectivity index (χ4v) is 3.12. The first-order valence-corrected chi connectivity index (χ1v) is 5.77. The first kappa shape index (κ1) is 10.4. The normalized spacial score (nSPS) is 39.4. The second-order valence-corrected chi connectivity index (χ2v) is 4.62. The number of ether oxygens (including phenoxy) is 2. The van der Waals surface area contributed by atoms with Crippen molar-refractivity contribution in [2.45, 2.75) is 44.6 Å². The summed E-state index contributed by atoms with van der Waals surface area (Å²) >= 11 is 0. The summed E-state index contributed by atoms with van der Waals surface area (Å²) in [5, 5.41) is 0. The van der Waals surface area contributed by atoms with Crippen molar-refractivity contribution in [3.05, 3.63) is 6.10 Å². The van der Waals surface area contributed by atoms with Crippen LogP contribution in [0, 0.1) is 17.9 Å². The summed E-state index contributed by atoms with van der Waals surface area (Å²) in [5.74, 6) is 1.57. The smallest absolute Gasteiger partial charge is 0.103 e. The Morgan fingerprint density at radius 3 is 2.64 bits per heavy atom. The van der Waals surface area contributed by atoms with E-state index in [-0.39, 0.29) is 0 Å². The van der Waals surface area contributed by atoms with Crippen LogP contribution in [0.5, 0.6) is 0 Å². The molecule has 81 valence electrons. The molecule has 2 aliphatic carbocycles. The Labute approximate surface area is 87.0 Å². The lowest BCUT2D eigenvalue weighted by Gasteiger charge is -2.42. The minimum Gasteiger partial charge on any atom is -0.381 e. The lowest BCUT2D eigenvalue weighted by molar-refractivity contribution is -0.0239. The number of rotatable bonds is 2. The van der Waals surface area contributed by atoms with E-state index in [2.05, 4.69) is 0 Å². The third kappa shape index (κ3) is 1.96. The summed E-state index contributed by atoms with van der Waals surface area (Å²) in [6.45, 7) is 0. The van der Waals surface area contributed by atoms with Crippen molar-refractivity contribution in [2.75, 3.05) is 14.2 Å². The third-order valence-corrected chi connectivity index (χ3v) is 3.91. The molecule has 0 aromatic heterocycles. The molecule has 3 atom stereocenters. The molecule has 0 aromatic carbocycles. The van der Waals surface area contributed by atoms with Crippen LogP contribution in [0.3, 0.4) is 0 Å². The van der Waals surface area contributed by atoms with Crippen LogP contribution in [0.2, 0.25) is 0 Å². The molecule has 0 saturated heterocycles. The molecule has 0 aromatic rings. The van der Waals surface area contributed by atoms with Crippen LogP contribution in [-0.2, 0) is 9.47 Å². The summed E-state index contributed by atoms with van der Waals surface area (Å²) in [6, 6.07) is 0. The molecule has 2 nitrogen and oxygen atoms in total. The zero-order chi connectivity index (χ0) is 9.97. The second kappa shape index (κ2) is 4.63. The molecule has 14 heavy (non-hydrogen) atoms. The molecule has 2 heteroatoms. The summed E-state index contributed by atoms with van der Waals surface area (Å²) < 4.78 is 11.0. The quantitative estimate of drug-likeness (QED) is 0.677. The van der Waals surface area contributed by atoms with Gasteiger partial charge in [0.2, 0.25) is 0 Å². The lowest BCUT2D eigenvalue weighted by Crippen LogP contribution is -2.37. The van der Waals surface area contributed by atoms with Crippen LogP contribution in [0.15, 0.2) is 0 Å². The lowest BCUT2D eigenvalue weighted by atomic mass is 9.68. The van der Waals surface area contributed by atoms with Gasteiger partial charge in [0.05, 0.1) is 6.10 Å². The van der Waals surface area contributed by atoms with Crippen LogP contribution in [0.25, 0.3) is 0 Å². The van der Waals surface area contributed by atoms with Crippen LogP contribution in [0.1, 0.15) is 38.5 Å². The number of fused-ring (bicyclic) bond motifs is 1. The van der Waals surface area contributed by atoms with E-state index >= 15 is 0 Å². The molecule has 0 amide bonds. The first-order valence-electron chi connectivity index (χ1n) is 5.77. The van der Waals surface area contributed by atoms with E-state index in [1.165, 1.54) is 38.2 Å². The molecule has 0 heterocycles. The average molecular weight is 197 g/mol. The van der Waals surface area contributed by atoms with Crippen molar-refractivity contribution >= 4 is 0 Å². The number of hydrogen-bond donors (Lipinski definition) is 0. The highest BCUT2D eigenvalue weighted by molar-refractivity contribution is 5.00. The SMILES string of the molecule is CO[C]1CC(OC)CC2CCCCC12. The van der Waals surface area contributed by atoms with Gasteiger partial charge in [0.1, 0.15) is 6.10 Å². The zero-order valence-corrected chi connectivity index (χ0v) is 9.29. The van der Waals surface area contributed by atoms with Gasteiger partial charge in [-0.15, -0.1) is 0 Å². The molecule has 0 N–H and O–H groups in total. The van der Waals surface area contributed by atoms with Gasteiger partial charge in [-0.1, -0.05) is 12.8 Å². The Bertz CT molecular complexity index is 173. The van der Waals surface area contributed by atoms with E-state index in [9.17, 15) is 0 Å². The maximum Gasteiger partial charge on any atom is 0.103 e. The molecular formula is C12H21O2. The van der Waals surface area contributed by atoms with Gasteiger partial charge < -0.3 is 9.47 Å². The molecule has 2 saturated carbocycles. The zero-order valence-electron chi connectivity index (χ0n) is 9.29. The van der Waals surface area contributed by atoms with Gasteiger partial charge in [-0.3, -0.25) is 0 Å². The van der Waals surface area contributed by atoms with Crippen molar-refractivity contribution < 1.29 is 9.47 Å². The largest absolute Gasteiger partial charge is 0.381 e. The van der Waals surface area contributed by atoms with E-state index in [4.69, 9.17) is 9.47 Å². The number of methoxy groups -OCH3 is 2. The Balaban J connectivity index is 2.01. The summed E-state index contributed by atoms with van der Waals surface area (Å²) in [5.41, 5.74) is 0. The van der Waals surface area contributed by atoms with Gasteiger partial charge in [0.25, 0.3) is 0 Å². The van der Waals surface area contributed by atoms with Gasteiger partial charge in [-0.2, -0.15) is 0 Å². The fraction of sp³-hybridized carbons (Fsp3) is 0.917. The van der Waals surface area contributed by atoms with Crippen LogP contribution in [0.4, 0.5) is 0 Å². The Morgan fingerprint density at radius 1 is 1.14 bits per heavy atom. The van der Waals surface area contributed by atoms with Crippen molar-refractivity contribution in [2.24, 2.45) is 11.8 Å². The Kier molecular flexibility index (Phi) is 3.45. The maximum atomic E-state index is 5.53. The van der Waals surface area contributed by atoms with Gasteiger partial charge >= 0.3 is 0 Å². The minimum absolute atomic E-state index is 0.407. The van der Waals surface area contributed by atoms with Gasteiger partial charge in [-0.05, 0) is 31.1 Å². The standard InChI is InChI=1S/C12H21O2/c1-13-10-7-9-5-3-4-6-11(9)12(8-10)14-2/h9-11H,3-8H2,1-2H3. The molecule has 2 rings (SSSR count). The van der Waals surface area contributed by atoms with Crippen molar-refractivity contribution in [3.8, 4) is 0 Å². The maximum absolute atomic E-state index is 5.53. The van der Waals surface area contributed by atoms with E-state index in [0.717, 1.165) is 18.3 Å². The van der Waals surface area contributed by atoms with E-state index in [1.807, 2.05) is 14.2 Å². The fourth-order valence-electron chi connectivity index (χ4n) is 3.12. The summed E-state index contributed by atoms with van der Waals surface area (Å²) in [4.78, 5) is 0. The molecule has 0 aliphatic heterocycles. The Hall–Kier alpha value is -0.0800. The molecule has 2 aliphatic rings. The minimum atomic E-state index is 0.407. The predicted molar refractivity (Wildman–Crippen MR) is 55.7 cm³/mol. The molecule has 0 bridgehead atoms. The van der Waals surface area contributed by atoms with E-state index in [1.54, 1.807) is 0 Å². The van der Waals surface area contributed by atoms with Crippen molar-refractivity contribution in [1.82, 2.24) is 0 Å². The van der Waals surface area contributed by atoms with E-state index < -0.39 is 0 Å². The highest BCUT2D eigenvalue weighted by atomic mass is 16.5. The van der Waals surface area contributed by atoms with Crippen LogP contribution < -0.4 is 0 Å². The monoisotopic (exact) mass is 197 g/mol. The molecule has 0 spiro atoms. The topological polar surface area (TPSA) is 18.5 Å². The van der Waals surface area contributed by atoms with Crippen molar-refractivity contribution in [1.29, 1.82) is 0 Å². The van der Waals surface area contributed by atoms with Crippen molar-refractivity contribution in [3.63, 3.8) is 0 Å². The molecular weight excluding hydrogens is 176 g/mol. The average Bonchev–Trinajstić information content (AvgIpc) is 2.27. The summed E-state index contributed by atoms with van der Waals surface area (Å²) in [6.07, 6.45) is 9.46. The molecule has 1 radical (unpaired) electrons. The van der Waals surface area contributed by atoms with Gasteiger partial charge in [0, 0.05) is 20.6 Å². The van der Waals surface area contributed by atoms with Gasteiger partial charge in [-0.25, -0.2) is 0 Å². The third-order valence-electron chi connectivity index (χ3n) is 3.91. The first-order chi connectivity index (χ1) is 6.85. The number of hydrogen-bond acceptors (Lipinski definition) is 2. The molecule has 3 unspecified atom stereocenters. The highest BCUT2D eigenvalue weighted by Crippen LogP contribution is 2.45.